The number of rotatable bonds is 5. The summed E-state index contributed by atoms with van der Waals surface area (Å²) in [4.78, 5) is 0. The Morgan fingerprint density at radius 1 is 1.10 bits per heavy atom. The van der Waals surface area contributed by atoms with Crippen molar-refractivity contribution in [2.24, 2.45) is 11.8 Å². The predicted octanol–water partition coefficient (Wildman–Crippen LogP) is 4.26. The molecule has 1 aliphatic carbocycles. The van der Waals surface area contributed by atoms with Gasteiger partial charge in [0, 0.05) is 12.6 Å². The number of hydrogen-bond donors (Lipinski definition) is 2. The van der Waals surface area contributed by atoms with Crippen LogP contribution in [-0.2, 0) is 0 Å². The maximum absolute atomic E-state index is 10.4. The Labute approximate surface area is 130 Å². The summed E-state index contributed by atoms with van der Waals surface area (Å²) in [5.41, 5.74) is 2.34. The molecule has 0 radical (unpaired) electrons. The van der Waals surface area contributed by atoms with Crippen molar-refractivity contribution in [1.29, 1.82) is 0 Å². The smallest absolute Gasteiger partial charge is 0.0914 e. The molecule has 2 N–H and O–H groups in total. The molecule has 2 heteroatoms. The second-order valence-electron chi connectivity index (χ2n) is 7.25. The van der Waals surface area contributed by atoms with Crippen molar-refractivity contribution in [1.82, 2.24) is 5.32 Å². The van der Waals surface area contributed by atoms with Gasteiger partial charge < -0.3 is 10.4 Å². The molecule has 1 fully saturated rings. The molecule has 4 unspecified atom stereocenters. The van der Waals surface area contributed by atoms with Crippen molar-refractivity contribution >= 4 is 0 Å². The van der Waals surface area contributed by atoms with Gasteiger partial charge in [0.1, 0.15) is 0 Å². The topological polar surface area (TPSA) is 32.3 Å². The van der Waals surface area contributed by atoms with Crippen molar-refractivity contribution in [3.05, 3.63) is 35.4 Å². The quantitative estimate of drug-likeness (QED) is 0.849. The molecule has 1 aromatic rings. The number of nitrogens with one attached hydrogen (secondary N) is 1. The van der Waals surface area contributed by atoms with E-state index in [1.807, 2.05) is 0 Å². The van der Waals surface area contributed by atoms with Crippen molar-refractivity contribution < 1.29 is 5.11 Å². The Hall–Kier alpha value is -0.860. The van der Waals surface area contributed by atoms with Gasteiger partial charge >= 0.3 is 0 Å². The first-order valence-electron chi connectivity index (χ1n) is 8.48. The van der Waals surface area contributed by atoms with Crippen LogP contribution in [0.3, 0.4) is 0 Å². The van der Waals surface area contributed by atoms with E-state index >= 15 is 0 Å². The van der Waals surface area contributed by atoms with Gasteiger partial charge in [0.2, 0.25) is 0 Å². The molecule has 118 valence electrons. The molecule has 1 saturated carbocycles. The lowest BCUT2D eigenvalue weighted by Crippen LogP contribution is -2.40. The zero-order chi connectivity index (χ0) is 15.4. The maximum atomic E-state index is 10.4. The third kappa shape index (κ3) is 4.55. The summed E-state index contributed by atoms with van der Waals surface area (Å²) in [5.74, 6) is 2.11. The Kier molecular flexibility index (Phi) is 5.83. The predicted molar refractivity (Wildman–Crippen MR) is 89.5 cm³/mol. The Morgan fingerprint density at radius 2 is 1.71 bits per heavy atom. The number of aliphatic hydroxyl groups excluding tert-OH is 1. The summed E-state index contributed by atoms with van der Waals surface area (Å²) >= 11 is 0. The fourth-order valence-electron chi connectivity index (χ4n) is 3.45. The molecule has 0 aromatic heterocycles. The second-order valence-corrected chi connectivity index (χ2v) is 7.25. The van der Waals surface area contributed by atoms with Crippen LogP contribution in [0.2, 0.25) is 0 Å². The van der Waals surface area contributed by atoms with Crippen molar-refractivity contribution in [2.45, 2.75) is 65.0 Å². The first-order valence-corrected chi connectivity index (χ1v) is 8.48. The average Bonchev–Trinajstić information content (AvgIpc) is 2.46. The monoisotopic (exact) mass is 289 g/mol. The molecule has 0 bridgehead atoms. The van der Waals surface area contributed by atoms with Gasteiger partial charge in [-0.15, -0.1) is 0 Å². The average molecular weight is 289 g/mol. The zero-order valence-corrected chi connectivity index (χ0v) is 14.0. The highest BCUT2D eigenvalue weighted by Gasteiger charge is 2.25. The fraction of sp³-hybridized carbons (Fsp3) is 0.684. The number of hydrogen-bond acceptors (Lipinski definition) is 2. The van der Waals surface area contributed by atoms with E-state index in [-0.39, 0.29) is 0 Å². The molecule has 0 spiro atoms. The Morgan fingerprint density at radius 3 is 2.29 bits per heavy atom. The standard InChI is InChI=1S/C19H31NO/c1-13(2)16-6-8-17(9-7-16)19(21)12-20-18-10-5-14(3)11-15(18)4/h6-9,13-15,18-21H,5,10-12H2,1-4H3. The minimum Gasteiger partial charge on any atom is -0.387 e. The Bertz CT molecular complexity index is 426. The summed E-state index contributed by atoms with van der Waals surface area (Å²) in [5, 5.41) is 13.9. The lowest BCUT2D eigenvalue weighted by Gasteiger charge is -2.33. The van der Waals surface area contributed by atoms with E-state index in [2.05, 4.69) is 57.3 Å². The van der Waals surface area contributed by atoms with Gasteiger partial charge in [-0.05, 0) is 48.1 Å². The third-order valence-corrected chi connectivity index (χ3v) is 4.99. The highest BCUT2D eigenvalue weighted by atomic mass is 16.3. The van der Waals surface area contributed by atoms with E-state index in [4.69, 9.17) is 0 Å². The molecule has 4 atom stereocenters. The largest absolute Gasteiger partial charge is 0.387 e. The minimum atomic E-state index is -0.405. The number of aliphatic hydroxyl groups is 1. The van der Waals surface area contributed by atoms with Crippen LogP contribution >= 0.6 is 0 Å². The molecule has 2 nitrogen and oxygen atoms in total. The SMILES string of the molecule is CC1CCC(NCC(O)c2ccc(C(C)C)cc2)C(C)C1. The first kappa shape index (κ1) is 16.5. The summed E-state index contributed by atoms with van der Waals surface area (Å²) in [6.45, 7) is 9.72. The van der Waals surface area contributed by atoms with Crippen LogP contribution in [0.4, 0.5) is 0 Å². The molecule has 0 heterocycles. The molecule has 21 heavy (non-hydrogen) atoms. The zero-order valence-electron chi connectivity index (χ0n) is 14.0. The maximum Gasteiger partial charge on any atom is 0.0914 e. The lowest BCUT2D eigenvalue weighted by atomic mass is 9.80. The molecular formula is C19H31NO. The van der Waals surface area contributed by atoms with E-state index in [1.165, 1.54) is 24.8 Å². The van der Waals surface area contributed by atoms with Gasteiger partial charge in [0.05, 0.1) is 6.10 Å². The molecular weight excluding hydrogens is 258 g/mol. The highest BCUT2D eigenvalue weighted by molar-refractivity contribution is 5.26. The molecule has 1 aromatic carbocycles. The van der Waals surface area contributed by atoms with Gasteiger partial charge in [-0.3, -0.25) is 0 Å². The Balaban J connectivity index is 1.85. The molecule has 2 rings (SSSR count). The fourth-order valence-corrected chi connectivity index (χ4v) is 3.45. The summed E-state index contributed by atoms with van der Waals surface area (Å²) in [7, 11) is 0. The summed E-state index contributed by atoms with van der Waals surface area (Å²) in [6, 6.07) is 8.95. The van der Waals surface area contributed by atoms with Crippen LogP contribution in [-0.4, -0.2) is 17.7 Å². The molecule has 0 amide bonds. The van der Waals surface area contributed by atoms with Gasteiger partial charge in [0.25, 0.3) is 0 Å². The normalized spacial score (nSPS) is 27.8. The molecule has 1 aliphatic rings. The van der Waals surface area contributed by atoms with Gasteiger partial charge in [-0.1, -0.05) is 52.0 Å². The van der Waals surface area contributed by atoms with Crippen LogP contribution in [0, 0.1) is 11.8 Å². The highest BCUT2D eigenvalue weighted by Crippen LogP contribution is 2.29. The van der Waals surface area contributed by atoms with Crippen LogP contribution < -0.4 is 5.32 Å². The van der Waals surface area contributed by atoms with Crippen LogP contribution in [0.1, 0.15) is 70.1 Å². The molecule has 0 saturated heterocycles. The number of benzene rings is 1. The van der Waals surface area contributed by atoms with Gasteiger partial charge in [0.15, 0.2) is 0 Å². The summed E-state index contributed by atoms with van der Waals surface area (Å²) < 4.78 is 0. The van der Waals surface area contributed by atoms with Crippen LogP contribution in [0.15, 0.2) is 24.3 Å². The van der Waals surface area contributed by atoms with E-state index in [0.717, 1.165) is 11.5 Å². The minimum absolute atomic E-state index is 0.405. The first-order chi connectivity index (χ1) is 9.97. The van der Waals surface area contributed by atoms with E-state index < -0.39 is 6.10 Å². The van der Waals surface area contributed by atoms with Gasteiger partial charge in [-0.25, -0.2) is 0 Å². The lowest BCUT2D eigenvalue weighted by molar-refractivity contribution is 0.150. The van der Waals surface area contributed by atoms with Crippen molar-refractivity contribution in [2.75, 3.05) is 6.54 Å². The van der Waals surface area contributed by atoms with E-state index in [1.54, 1.807) is 0 Å². The van der Waals surface area contributed by atoms with Crippen molar-refractivity contribution in [3.8, 4) is 0 Å². The molecule has 0 aliphatic heterocycles. The third-order valence-electron chi connectivity index (χ3n) is 4.99. The van der Waals surface area contributed by atoms with Crippen molar-refractivity contribution in [3.63, 3.8) is 0 Å². The van der Waals surface area contributed by atoms with Crippen LogP contribution in [0.5, 0.6) is 0 Å². The van der Waals surface area contributed by atoms with E-state index in [9.17, 15) is 5.11 Å². The van der Waals surface area contributed by atoms with Crippen LogP contribution in [0.25, 0.3) is 0 Å². The van der Waals surface area contributed by atoms with Gasteiger partial charge in [-0.2, -0.15) is 0 Å². The second kappa shape index (κ2) is 7.42. The summed E-state index contributed by atoms with van der Waals surface area (Å²) in [6.07, 6.45) is 3.44. The van der Waals surface area contributed by atoms with E-state index in [0.29, 0.717) is 24.4 Å².